The first-order valence-corrected chi connectivity index (χ1v) is 7.10. The molecule has 0 radical (unpaired) electrons. The first kappa shape index (κ1) is 16.4. The number of pyridine rings is 1. The Morgan fingerprint density at radius 3 is 2.26 bits per heavy atom. The van der Waals surface area contributed by atoms with Crippen LogP contribution in [0.2, 0.25) is 0 Å². The molecule has 0 unspecified atom stereocenters. The van der Waals surface area contributed by atoms with Crippen LogP contribution < -0.4 is 4.74 Å². The molecule has 1 aromatic rings. The fraction of sp³-hybridized carbons (Fsp3) is 0.615. The third-order valence-electron chi connectivity index (χ3n) is 2.12. The number of hydrogen-bond acceptors (Lipinski definition) is 5. The van der Waals surface area contributed by atoms with E-state index in [4.69, 9.17) is 18.9 Å². The lowest BCUT2D eigenvalue weighted by atomic mass is 10.5. The Balaban J connectivity index is 1.89. The van der Waals surface area contributed by atoms with Crippen LogP contribution in [0.25, 0.3) is 0 Å². The van der Waals surface area contributed by atoms with Crippen molar-refractivity contribution in [3.05, 3.63) is 22.8 Å². The standard InChI is InChI=1S/C13H20BrNO4/c1-2-16-5-6-17-7-8-18-9-10-19-13-11-12(14)3-4-15-13/h3-4,11H,2,5-10H2,1H3. The normalized spacial score (nSPS) is 10.6. The highest BCUT2D eigenvalue weighted by Crippen LogP contribution is 2.14. The lowest BCUT2D eigenvalue weighted by molar-refractivity contribution is 0.0111. The fourth-order valence-corrected chi connectivity index (χ4v) is 1.57. The molecule has 1 rings (SSSR count). The van der Waals surface area contributed by atoms with Gasteiger partial charge in [-0.25, -0.2) is 4.98 Å². The molecule has 0 bridgehead atoms. The molecule has 0 aliphatic heterocycles. The Kier molecular flexibility index (Phi) is 9.61. The molecule has 0 fully saturated rings. The average Bonchev–Trinajstić information content (AvgIpc) is 2.41. The Morgan fingerprint density at radius 1 is 1.00 bits per heavy atom. The zero-order chi connectivity index (χ0) is 13.8. The number of rotatable bonds is 11. The van der Waals surface area contributed by atoms with E-state index in [-0.39, 0.29) is 0 Å². The molecule has 1 aromatic heterocycles. The first-order valence-electron chi connectivity index (χ1n) is 6.30. The highest BCUT2D eigenvalue weighted by molar-refractivity contribution is 9.10. The van der Waals surface area contributed by atoms with Crippen molar-refractivity contribution in [3.8, 4) is 5.88 Å². The Hall–Kier alpha value is -0.690. The van der Waals surface area contributed by atoms with Crippen molar-refractivity contribution in [1.29, 1.82) is 0 Å². The predicted molar refractivity (Wildman–Crippen MR) is 75.6 cm³/mol. The van der Waals surface area contributed by atoms with Crippen molar-refractivity contribution in [3.63, 3.8) is 0 Å². The van der Waals surface area contributed by atoms with Gasteiger partial charge in [0.1, 0.15) is 6.61 Å². The van der Waals surface area contributed by atoms with Gasteiger partial charge in [-0.15, -0.1) is 0 Å². The van der Waals surface area contributed by atoms with E-state index in [1.807, 2.05) is 19.1 Å². The summed E-state index contributed by atoms with van der Waals surface area (Å²) in [7, 11) is 0. The van der Waals surface area contributed by atoms with Crippen LogP contribution >= 0.6 is 15.9 Å². The smallest absolute Gasteiger partial charge is 0.214 e. The number of halogens is 1. The van der Waals surface area contributed by atoms with Gasteiger partial charge in [-0.3, -0.25) is 0 Å². The molecule has 0 aromatic carbocycles. The van der Waals surface area contributed by atoms with Gasteiger partial charge >= 0.3 is 0 Å². The summed E-state index contributed by atoms with van der Waals surface area (Å²) in [6, 6.07) is 3.67. The minimum atomic E-state index is 0.475. The van der Waals surface area contributed by atoms with E-state index in [0.29, 0.717) is 45.5 Å². The van der Waals surface area contributed by atoms with Gasteiger partial charge in [-0.2, -0.15) is 0 Å². The molecule has 0 amide bonds. The molecular weight excluding hydrogens is 314 g/mol. The third kappa shape index (κ3) is 8.93. The summed E-state index contributed by atoms with van der Waals surface area (Å²) < 4.78 is 22.2. The Morgan fingerprint density at radius 2 is 1.63 bits per heavy atom. The van der Waals surface area contributed by atoms with Crippen molar-refractivity contribution in [2.24, 2.45) is 0 Å². The van der Waals surface area contributed by atoms with Gasteiger partial charge in [0.2, 0.25) is 5.88 Å². The predicted octanol–water partition coefficient (Wildman–Crippen LogP) is 2.29. The second-order valence-electron chi connectivity index (χ2n) is 3.58. The van der Waals surface area contributed by atoms with Crippen LogP contribution in [0.4, 0.5) is 0 Å². The first-order chi connectivity index (χ1) is 9.33. The summed E-state index contributed by atoms with van der Waals surface area (Å²) in [5.74, 6) is 0.589. The van der Waals surface area contributed by atoms with Crippen LogP contribution in [0.3, 0.4) is 0 Å². The summed E-state index contributed by atoms with van der Waals surface area (Å²) in [6.07, 6.45) is 1.69. The molecule has 0 saturated heterocycles. The van der Waals surface area contributed by atoms with Gasteiger partial charge in [0.05, 0.1) is 33.0 Å². The van der Waals surface area contributed by atoms with E-state index in [1.165, 1.54) is 0 Å². The average molecular weight is 334 g/mol. The van der Waals surface area contributed by atoms with Crippen LogP contribution in [-0.2, 0) is 14.2 Å². The summed E-state index contributed by atoms with van der Waals surface area (Å²) in [4.78, 5) is 4.07. The SMILES string of the molecule is CCOCCOCCOCCOc1cc(Br)ccn1. The summed E-state index contributed by atoms with van der Waals surface area (Å²) in [5.41, 5.74) is 0. The van der Waals surface area contributed by atoms with Crippen molar-refractivity contribution in [1.82, 2.24) is 4.98 Å². The van der Waals surface area contributed by atoms with Gasteiger partial charge in [-0.05, 0) is 13.0 Å². The molecule has 5 nitrogen and oxygen atoms in total. The maximum atomic E-state index is 5.42. The van der Waals surface area contributed by atoms with Crippen LogP contribution in [-0.4, -0.2) is 51.2 Å². The highest BCUT2D eigenvalue weighted by atomic mass is 79.9. The van der Waals surface area contributed by atoms with Gasteiger partial charge in [0.25, 0.3) is 0 Å². The minimum absolute atomic E-state index is 0.475. The maximum absolute atomic E-state index is 5.42. The Labute approximate surface area is 122 Å². The molecular formula is C13H20BrNO4. The lowest BCUT2D eigenvalue weighted by Gasteiger charge is -2.07. The van der Waals surface area contributed by atoms with E-state index in [0.717, 1.165) is 11.1 Å². The molecule has 6 heteroatoms. The van der Waals surface area contributed by atoms with Crippen LogP contribution in [0.5, 0.6) is 5.88 Å². The number of ether oxygens (including phenoxy) is 4. The third-order valence-corrected chi connectivity index (χ3v) is 2.62. The van der Waals surface area contributed by atoms with E-state index < -0.39 is 0 Å². The monoisotopic (exact) mass is 333 g/mol. The van der Waals surface area contributed by atoms with Gasteiger partial charge < -0.3 is 18.9 Å². The van der Waals surface area contributed by atoms with Crippen LogP contribution in [0.1, 0.15) is 6.92 Å². The van der Waals surface area contributed by atoms with E-state index in [9.17, 15) is 0 Å². The van der Waals surface area contributed by atoms with Crippen LogP contribution in [0, 0.1) is 0 Å². The number of hydrogen-bond donors (Lipinski definition) is 0. The van der Waals surface area contributed by atoms with Gasteiger partial charge in [0.15, 0.2) is 0 Å². The minimum Gasteiger partial charge on any atom is -0.475 e. The molecule has 108 valence electrons. The quantitative estimate of drug-likeness (QED) is 0.581. The van der Waals surface area contributed by atoms with Crippen molar-refractivity contribution in [2.75, 3.05) is 46.2 Å². The van der Waals surface area contributed by atoms with E-state index >= 15 is 0 Å². The van der Waals surface area contributed by atoms with Gasteiger partial charge in [-0.1, -0.05) is 15.9 Å². The fourth-order valence-electron chi connectivity index (χ4n) is 1.25. The zero-order valence-electron chi connectivity index (χ0n) is 11.1. The largest absolute Gasteiger partial charge is 0.475 e. The number of nitrogens with zero attached hydrogens (tertiary/aromatic N) is 1. The zero-order valence-corrected chi connectivity index (χ0v) is 12.7. The molecule has 0 atom stereocenters. The molecule has 0 aliphatic rings. The molecule has 0 saturated carbocycles. The summed E-state index contributed by atoms with van der Waals surface area (Å²) in [5, 5.41) is 0. The van der Waals surface area contributed by atoms with Gasteiger partial charge in [0, 0.05) is 23.3 Å². The number of aromatic nitrogens is 1. The second-order valence-corrected chi connectivity index (χ2v) is 4.50. The summed E-state index contributed by atoms with van der Waals surface area (Å²) >= 11 is 3.35. The lowest BCUT2D eigenvalue weighted by Crippen LogP contribution is -2.12. The second kappa shape index (κ2) is 11.2. The summed E-state index contributed by atoms with van der Waals surface area (Å²) in [6.45, 7) is 6.04. The molecule has 0 spiro atoms. The van der Waals surface area contributed by atoms with Crippen molar-refractivity contribution >= 4 is 15.9 Å². The topological polar surface area (TPSA) is 49.8 Å². The van der Waals surface area contributed by atoms with E-state index in [1.54, 1.807) is 6.20 Å². The highest BCUT2D eigenvalue weighted by Gasteiger charge is 1.96. The van der Waals surface area contributed by atoms with E-state index in [2.05, 4.69) is 20.9 Å². The molecule has 1 heterocycles. The van der Waals surface area contributed by atoms with Crippen molar-refractivity contribution in [2.45, 2.75) is 6.92 Å². The molecule has 19 heavy (non-hydrogen) atoms. The Bertz CT molecular complexity index is 338. The maximum Gasteiger partial charge on any atom is 0.214 e. The van der Waals surface area contributed by atoms with Crippen LogP contribution in [0.15, 0.2) is 22.8 Å². The molecule has 0 aliphatic carbocycles. The van der Waals surface area contributed by atoms with Crippen molar-refractivity contribution < 1.29 is 18.9 Å². The molecule has 0 N–H and O–H groups in total.